The number of nitrogens with two attached hydrogens (primary N) is 1. The Hall–Kier alpha value is -2.38. The summed E-state index contributed by atoms with van der Waals surface area (Å²) in [7, 11) is 0. The van der Waals surface area contributed by atoms with Crippen LogP contribution in [0.3, 0.4) is 0 Å². The Morgan fingerprint density at radius 1 is 1.19 bits per heavy atom. The molecule has 0 radical (unpaired) electrons. The lowest BCUT2D eigenvalue weighted by Gasteiger charge is -2.19. The molecule has 0 atom stereocenters. The zero-order valence-electron chi connectivity index (χ0n) is 10.9. The summed E-state index contributed by atoms with van der Waals surface area (Å²) in [4.78, 5) is 13.1. The molecule has 2 N–H and O–H groups in total. The molecule has 3 heterocycles. The molecule has 110 valence electrons. The molecule has 0 saturated carbocycles. The number of aromatic nitrogens is 3. The maximum absolute atomic E-state index is 13.8. The lowest BCUT2D eigenvalue weighted by Crippen LogP contribution is -2.26. The van der Waals surface area contributed by atoms with Crippen molar-refractivity contribution in [2.24, 2.45) is 0 Å². The van der Waals surface area contributed by atoms with Crippen molar-refractivity contribution in [3.05, 3.63) is 30.5 Å². The molecule has 1 aliphatic heterocycles. The molecule has 5 nitrogen and oxygen atoms in total. The van der Waals surface area contributed by atoms with E-state index in [1.807, 2.05) is 0 Å². The largest absolute Gasteiger partial charge is 0.394 e. The van der Waals surface area contributed by atoms with Crippen molar-refractivity contribution in [1.29, 1.82) is 0 Å². The minimum Gasteiger partial charge on any atom is -0.394 e. The van der Waals surface area contributed by atoms with Crippen molar-refractivity contribution >= 4 is 11.5 Å². The van der Waals surface area contributed by atoms with Gasteiger partial charge in [0, 0.05) is 19.2 Å². The summed E-state index contributed by atoms with van der Waals surface area (Å²) in [6.45, 7) is -0.323. The summed E-state index contributed by atoms with van der Waals surface area (Å²) in [5, 5.41) is 0. The number of alkyl halides is 2. The van der Waals surface area contributed by atoms with Crippen LogP contribution in [-0.4, -0.2) is 34.0 Å². The highest BCUT2D eigenvalue weighted by Gasteiger charge is 2.39. The average molecular weight is 295 g/mol. The van der Waals surface area contributed by atoms with E-state index in [0.29, 0.717) is 0 Å². The maximum Gasteiger partial charge on any atom is 0.266 e. The third kappa shape index (κ3) is 2.48. The molecule has 1 saturated heterocycles. The zero-order chi connectivity index (χ0) is 15.0. The Morgan fingerprint density at radius 2 is 2.00 bits per heavy atom. The van der Waals surface area contributed by atoms with E-state index >= 15 is 0 Å². The van der Waals surface area contributed by atoms with Crippen molar-refractivity contribution in [3.63, 3.8) is 0 Å². The number of anilines is 2. The van der Waals surface area contributed by atoms with E-state index in [1.165, 1.54) is 29.6 Å². The normalized spacial score (nSPS) is 17.2. The van der Waals surface area contributed by atoms with Gasteiger partial charge in [0.2, 0.25) is 0 Å². The molecular weight excluding hydrogens is 283 g/mol. The molecule has 21 heavy (non-hydrogen) atoms. The van der Waals surface area contributed by atoms with Gasteiger partial charge in [0.15, 0.2) is 11.6 Å². The van der Waals surface area contributed by atoms with Gasteiger partial charge < -0.3 is 10.6 Å². The highest BCUT2D eigenvalue weighted by Crippen LogP contribution is 2.35. The number of hydrogen-bond acceptors (Lipinski definition) is 5. The van der Waals surface area contributed by atoms with Crippen molar-refractivity contribution in [3.8, 4) is 11.4 Å². The van der Waals surface area contributed by atoms with E-state index in [0.717, 1.165) is 0 Å². The van der Waals surface area contributed by atoms with Crippen LogP contribution in [0.5, 0.6) is 0 Å². The fourth-order valence-electron chi connectivity index (χ4n) is 2.30. The van der Waals surface area contributed by atoms with Crippen LogP contribution in [0, 0.1) is 5.82 Å². The second-order valence-corrected chi connectivity index (χ2v) is 4.82. The first kappa shape index (κ1) is 13.6. The highest BCUT2D eigenvalue weighted by molar-refractivity contribution is 5.79. The molecule has 1 fully saturated rings. The molecule has 0 bridgehead atoms. The Morgan fingerprint density at radius 3 is 2.67 bits per heavy atom. The van der Waals surface area contributed by atoms with E-state index in [-0.39, 0.29) is 35.9 Å². The van der Waals surface area contributed by atoms with Gasteiger partial charge in [-0.1, -0.05) is 0 Å². The molecule has 3 rings (SSSR count). The van der Waals surface area contributed by atoms with Gasteiger partial charge in [0.25, 0.3) is 5.92 Å². The predicted octanol–water partition coefficient (Wildman–Crippen LogP) is 2.11. The van der Waals surface area contributed by atoms with E-state index in [2.05, 4.69) is 15.0 Å². The van der Waals surface area contributed by atoms with Crippen molar-refractivity contribution in [1.82, 2.24) is 15.0 Å². The van der Waals surface area contributed by atoms with Crippen LogP contribution >= 0.6 is 0 Å². The smallest absolute Gasteiger partial charge is 0.266 e. The Balaban J connectivity index is 2.02. The second kappa shape index (κ2) is 4.87. The van der Waals surface area contributed by atoms with Gasteiger partial charge >= 0.3 is 0 Å². The summed E-state index contributed by atoms with van der Waals surface area (Å²) in [5.41, 5.74) is 6.06. The molecule has 0 spiro atoms. The first-order valence-corrected chi connectivity index (χ1v) is 6.32. The standard InChI is InChI=1S/C13H12F3N5/c14-8-2-1-4-18-10(8)11-9(17)12(20-7-19-11)21-5-3-13(15,16)6-21/h1-2,4,7H,3,5-6,17H2. The van der Waals surface area contributed by atoms with Crippen LogP contribution in [0.2, 0.25) is 0 Å². The number of hydrogen-bond donors (Lipinski definition) is 1. The van der Waals surface area contributed by atoms with Gasteiger partial charge in [-0.25, -0.2) is 23.1 Å². The van der Waals surface area contributed by atoms with E-state index < -0.39 is 18.3 Å². The van der Waals surface area contributed by atoms with Gasteiger partial charge in [-0.15, -0.1) is 0 Å². The first-order chi connectivity index (χ1) is 9.98. The van der Waals surface area contributed by atoms with Crippen LogP contribution in [0.15, 0.2) is 24.7 Å². The first-order valence-electron chi connectivity index (χ1n) is 6.32. The maximum atomic E-state index is 13.8. The van der Waals surface area contributed by atoms with Crippen LogP contribution in [0.4, 0.5) is 24.7 Å². The minimum atomic E-state index is -2.77. The number of rotatable bonds is 2. The van der Waals surface area contributed by atoms with Gasteiger partial charge in [-0.2, -0.15) is 0 Å². The van der Waals surface area contributed by atoms with Gasteiger partial charge in [0.05, 0.1) is 6.54 Å². The Bertz CT molecular complexity index is 677. The van der Waals surface area contributed by atoms with Gasteiger partial charge in [0.1, 0.15) is 23.4 Å². The highest BCUT2D eigenvalue weighted by atomic mass is 19.3. The molecule has 0 amide bonds. The molecular formula is C13H12F3N5. The van der Waals surface area contributed by atoms with Gasteiger partial charge in [-0.3, -0.25) is 4.98 Å². The molecule has 0 aliphatic carbocycles. The quantitative estimate of drug-likeness (QED) is 0.919. The van der Waals surface area contributed by atoms with Crippen molar-refractivity contribution < 1.29 is 13.2 Å². The third-order valence-corrected chi connectivity index (χ3v) is 3.31. The zero-order valence-corrected chi connectivity index (χ0v) is 10.9. The van der Waals surface area contributed by atoms with E-state index in [1.54, 1.807) is 0 Å². The fourth-order valence-corrected chi connectivity index (χ4v) is 2.30. The van der Waals surface area contributed by atoms with Crippen LogP contribution in [0.25, 0.3) is 11.4 Å². The lowest BCUT2D eigenvalue weighted by atomic mass is 10.2. The predicted molar refractivity (Wildman–Crippen MR) is 71.4 cm³/mol. The molecule has 8 heteroatoms. The second-order valence-electron chi connectivity index (χ2n) is 4.82. The summed E-state index contributed by atoms with van der Waals surface area (Å²) in [6, 6.07) is 2.67. The van der Waals surface area contributed by atoms with Crippen LogP contribution < -0.4 is 10.6 Å². The van der Waals surface area contributed by atoms with E-state index in [4.69, 9.17) is 5.73 Å². The van der Waals surface area contributed by atoms with Crippen molar-refractivity contribution in [2.75, 3.05) is 23.7 Å². The Kier molecular flexibility index (Phi) is 3.15. The molecule has 0 unspecified atom stereocenters. The number of nitrogens with zero attached hydrogens (tertiary/aromatic N) is 4. The molecule has 2 aromatic heterocycles. The summed E-state index contributed by atoms with van der Waals surface area (Å²) in [6.07, 6.45) is 2.32. The van der Waals surface area contributed by atoms with Crippen LogP contribution in [-0.2, 0) is 0 Å². The Labute approximate surface area is 118 Å². The van der Waals surface area contributed by atoms with Crippen molar-refractivity contribution in [2.45, 2.75) is 12.3 Å². The number of pyridine rings is 1. The number of nitrogen functional groups attached to an aromatic ring is 1. The monoisotopic (exact) mass is 295 g/mol. The van der Waals surface area contributed by atoms with E-state index in [9.17, 15) is 13.2 Å². The summed E-state index contributed by atoms with van der Waals surface area (Å²) < 4.78 is 40.4. The molecule has 0 aromatic carbocycles. The third-order valence-electron chi connectivity index (χ3n) is 3.31. The van der Waals surface area contributed by atoms with Gasteiger partial charge in [-0.05, 0) is 12.1 Å². The van der Waals surface area contributed by atoms with Crippen LogP contribution in [0.1, 0.15) is 6.42 Å². The molecule has 1 aliphatic rings. The molecule has 2 aromatic rings. The average Bonchev–Trinajstić information content (AvgIpc) is 2.80. The summed E-state index contributed by atoms with van der Waals surface area (Å²) >= 11 is 0. The number of halogens is 3. The SMILES string of the molecule is Nc1c(-c2ncccc2F)ncnc1N1CCC(F)(F)C1. The summed E-state index contributed by atoms with van der Waals surface area (Å²) in [5.74, 6) is -3.17. The minimum absolute atomic E-state index is 0.0235. The topological polar surface area (TPSA) is 67.9 Å². The lowest BCUT2D eigenvalue weighted by molar-refractivity contribution is 0.0257. The fraction of sp³-hybridized carbons (Fsp3) is 0.308.